The molecule has 0 spiro atoms. The zero-order valence-electron chi connectivity index (χ0n) is 20.9. The maximum Gasteiger partial charge on any atom is 0.341 e. The molecule has 0 radical (unpaired) electrons. The third-order valence-electron chi connectivity index (χ3n) is 6.19. The first-order chi connectivity index (χ1) is 18.0. The molecule has 2 aliphatic heterocycles. The summed E-state index contributed by atoms with van der Waals surface area (Å²) in [5.74, 6) is -2.55. The maximum absolute atomic E-state index is 14.6. The van der Waals surface area contributed by atoms with Gasteiger partial charge in [0.25, 0.3) is 0 Å². The molecule has 1 fully saturated rings. The van der Waals surface area contributed by atoms with Crippen molar-refractivity contribution in [2.45, 2.75) is 26.3 Å². The van der Waals surface area contributed by atoms with Crippen LogP contribution in [-0.2, 0) is 0 Å². The highest BCUT2D eigenvalue weighted by atomic mass is 19.1. The van der Waals surface area contributed by atoms with Crippen molar-refractivity contribution in [3.8, 4) is 5.82 Å². The van der Waals surface area contributed by atoms with Crippen LogP contribution >= 0.6 is 0 Å². The number of anilines is 1. The number of carbonyl (C=O) groups excluding carboxylic acids is 2. The summed E-state index contributed by atoms with van der Waals surface area (Å²) in [7, 11) is 0. The summed E-state index contributed by atoms with van der Waals surface area (Å²) < 4.78 is 42.9. The second kappa shape index (κ2) is 10.9. The van der Waals surface area contributed by atoms with Crippen LogP contribution in [0.1, 0.15) is 29.4 Å². The number of aryl methyl sites for hydroxylation is 1. The monoisotopic (exact) mass is 528 g/mol. The lowest BCUT2D eigenvalue weighted by Gasteiger charge is -2.37. The van der Waals surface area contributed by atoms with Gasteiger partial charge in [-0.2, -0.15) is 10.1 Å². The first kappa shape index (κ1) is 26.6. The van der Waals surface area contributed by atoms with Gasteiger partial charge < -0.3 is 20.1 Å². The Kier molecular flexibility index (Phi) is 7.65. The van der Waals surface area contributed by atoms with Gasteiger partial charge in [-0.05, 0) is 31.6 Å². The van der Waals surface area contributed by atoms with Crippen LogP contribution in [0.5, 0.6) is 0 Å². The molecule has 0 aromatic carbocycles. The zero-order valence-corrected chi connectivity index (χ0v) is 20.9. The number of urea groups is 1. The van der Waals surface area contributed by atoms with Crippen molar-refractivity contribution >= 4 is 24.1 Å². The zero-order chi connectivity index (χ0) is 27.6. The third-order valence-corrected chi connectivity index (χ3v) is 6.19. The van der Waals surface area contributed by atoms with E-state index in [4.69, 9.17) is 5.73 Å². The molecule has 0 bridgehead atoms. The van der Waals surface area contributed by atoms with E-state index in [2.05, 4.69) is 21.6 Å². The summed E-state index contributed by atoms with van der Waals surface area (Å²) in [6.07, 6.45) is 6.20. The summed E-state index contributed by atoms with van der Waals surface area (Å²) in [6.45, 7) is 8.00. The SMILES string of the molecule is C=C(/C=C(F)\C=C(/C)F)[C@@H]1CC=NN1C(=O)N1CCN(c2ncc(F)c(-n3cc(C(N)=O)cc3C)n2)CC1. The standard InChI is InChI=1S/C25H27F3N8O2/c1-15(10-19(27)11-16(2)26)21-4-5-31-36(21)25(38)34-8-6-33(7-9-34)24-30-13-20(28)23(32-24)35-14-18(22(29)37)12-17(35)3/h5,10-14,21H,1,4,6-9H2,2-3H3,(H2,29,37)/b16-11+,19-10+/t21-/m0/s1. The largest absolute Gasteiger partial charge is 0.366 e. The number of carbonyl (C=O) groups is 2. The number of amides is 3. The highest BCUT2D eigenvalue weighted by Gasteiger charge is 2.33. The Morgan fingerprint density at radius 3 is 2.53 bits per heavy atom. The first-order valence-corrected chi connectivity index (χ1v) is 11.8. The van der Waals surface area contributed by atoms with Crippen LogP contribution in [0.2, 0.25) is 0 Å². The van der Waals surface area contributed by atoms with E-state index in [9.17, 15) is 22.8 Å². The van der Waals surface area contributed by atoms with Crippen LogP contribution in [0, 0.1) is 12.7 Å². The summed E-state index contributed by atoms with van der Waals surface area (Å²) in [6, 6.07) is 0.579. The highest BCUT2D eigenvalue weighted by molar-refractivity contribution is 5.93. The van der Waals surface area contributed by atoms with E-state index in [0.717, 1.165) is 25.3 Å². The molecule has 0 saturated carbocycles. The Morgan fingerprint density at radius 1 is 1.18 bits per heavy atom. The number of rotatable bonds is 6. The van der Waals surface area contributed by atoms with Crippen LogP contribution in [0.15, 0.2) is 59.5 Å². The van der Waals surface area contributed by atoms with Crippen molar-refractivity contribution in [2.75, 3.05) is 31.1 Å². The minimum absolute atomic E-state index is 0.0237. The fraction of sp³-hybridized carbons (Fsp3) is 0.320. The van der Waals surface area contributed by atoms with Crippen molar-refractivity contribution < 1.29 is 22.8 Å². The quantitative estimate of drug-likeness (QED) is 0.578. The molecule has 4 rings (SSSR count). The average molecular weight is 529 g/mol. The van der Waals surface area contributed by atoms with E-state index in [1.807, 2.05) is 4.90 Å². The van der Waals surface area contributed by atoms with Gasteiger partial charge in [0, 0.05) is 56.8 Å². The Labute approximate surface area is 217 Å². The number of piperazine rings is 1. The minimum Gasteiger partial charge on any atom is -0.366 e. The molecule has 13 heteroatoms. The molecule has 3 amide bonds. The lowest BCUT2D eigenvalue weighted by atomic mass is 10.1. The molecule has 1 saturated heterocycles. The van der Waals surface area contributed by atoms with Gasteiger partial charge in [0.2, 0.25) is 11.9 Å². The van der Waals surface area contributed by atoms with Gasteiger partial charge in [0.1, 0.15) is 5.83 Å². The van der Waals surface area contributed by atoms with Crippen LogP contribution < -0.4 is 10.6 Å². The Morgan fingerprint density at radius 2 is 1.89 bits per heavy atom. The topological polar surface area (TPSA) is 113 Å². The second-order valence-corrected chi connectivity index (χ2v) is 8.93. The normalized spacial score (nSPS) is 18.3. The van der Waals surface area contributed by atoms with Crippen molar-refractivity contribution in [1.82, 2.24) is 24.4 Å². The molecule has 200 valence electrons. The van der Waals surface area contributed by atoms with Crippen LogP contribution in [0.25, 0.3) is 5.82 Å². The highest BCUT2D eigenvalue weighted by Crippen LogP contribution is 2.24. The fourth-order valence-corrected chi connectivity index (χ4v) is 4.26. The van der Waals surface area contributed by atoms with Crippen LogP contribution in [0.3, 0.4) is 0 Å². The number of hydrogen-bond donors (Lipinski definition) is 1. The van der Waals surface area contributed by atoms with E-state index >= 15 is 0 Å². The van der Waals surface area contributed by atoms with Crippen molar-refractivity contribution in [3.05, 3.63) is 71.5 Å². The average Bonchev–Trinajstić information content (AvgIpc) is 3.51. The van der Waals surface area contributed by atoms with Gasteiger partial charge in [0.05, 0.1) is 23.6 Å². The first-order valence-electron chi connectivity index (χ1n) is 11.8. The molecule has 0 aliphatic carbocycles. The number of halogens is 3. The lowest BCUT2D eigenvalue weighted by molar-refractivity contribution is 0.1000. The van der Waals surface area contributed by atoms with E-state index < -0.39 is 29.4 Å². The number of hydrogen-bond acceptors (Lipinski definition) is 6. The predicted molar refractivity (Wildman–Crippen MR) is 136 cm³/mol. The summed E-state index contributed by atoms with van der Waals surface area (Å²) in [5, 5.41) is 5.38. The molecule has 2 aromatic heterocycles. The molecule has 4 heterocycles. The number of aromatic nitrogens is 3. The summed E-state index contributed by atoms with van der Waals surface area (Å²) in [4.78, 5) is 36.5. The molecule has 0 unspecified atom stereocenters. The molecular formula is C25H27F3N8O2. The Hall–Kier alpha value is -4.42. The van der Waals surface area contributed by atoms with Gasteiger partial charge in [-0.15, -0.1) is 0 Å². The van der Waals surface area contributed by atoms with Crippen molar-refractivity contribution in [3.63, 3.8) is 0 Å². The third kappa shape index (κ3) is 5.61. The smallest absolute Gasteiger partial charge is 0.341 e. The Balaban J connectivity index is 1.43. The molecule has 1 atom stereocenters. The van der Waals surface area contributed by atoms with Crippen LogP contribution in [-0.4, -0.2) is 74.8 Å². The molecular weight excluding hydrogens is 501 g/mol. The van der Waals surface area contributed by atoms with E-state index in [1.165, 1.54) is 15.8 Å². The predicted octanol–water partition coefficient (Wildman–Crippen LogP) is 3.40. The van der Waals surface area contributed by atoms with Crippen LogP contribution in [0.4, 0.5) is 23.9 Å². The Bertz CT molecular complexity index is 1350. The van der Waals surface area contributed by atoms with Gasteiger partial charge in [0.15, 0.2) is 11.6 Å². The van der Waals surface area contributed by atoms with Gasteiger partial charge in [-0.25, -0.2) is 28.0 Å². The van der Waals surface area contributed by atoms with Crippen molar-refractivity contribution in [2.24, 2.45) is 10.8 Å². The van der Waals surface area contributed by atoms with Gasteiger partial charge in [-0.1, -0.05) is 6.58 Å². The number of allylic oxidation sites excluding steroid dienone is 3. The lowest BCUT2D eigenvalue weighted by Crippen LogP contribution is -2.53. The number of nitrogens with two attached hydrogens (primary N) is 1. The van der Waals surface area contributed by atoms with E-state index in [-0.39, 0.29) is 28.9 Å². The van der Waals surface area contributed by atoms with E-state index in [1.54, 1.807) is 24.1 Å². The molecule has 2 aliphatic rings. The number of hydrazone groups is 1. The molecule has 38 heavy (non-hydrogen) atoms. The maximum atomic E-state index is 14.6. The summed E-state index contributed by atoms with van der Waals surface area (Å²) in [5.41, 5.74) is 6.43. The summed E-state index contributed by atoms with van der Waals surface area (Å²) >= 11 is 0. The van der Waals surface area contributed by atoms with Gasteiger partial charge in [-0.3, -0.25) is 4.79 Å². The second-order valence-electron chi connectivity index (χ2n) is 8.93. The van der Waals surface area contributed by atoms with Crippen molar-refractivity contribution in [1.29, 1.82) is 0 Å². The number of nitrogens with zero attached hydrogens (tertiary/aromatic N) is 7. The molecule has 10 nitrogen and oxygen atoms in total. The van der Waals surface area contributed by atoms with E-state index in [0.29, 0.717) is 38.3 Å². The molecule has 2 aromatic rings. The molecule has 2 N–H and O–H groups in total. The number of primary amides is 1. The van der Waals surface area contributed by atoms with Gasteiger partial charge >= 0.3 is 6.03 Å². The minimum atomic E-state index is -0.803. The fourth-order valence-electron chi connectivity index (χ4n) is 4.26.